The minimum absolute atomic E-state index is 0.156. The first-order valence-corrected chi connectivity index (χ1v) is 7.15. The Bertz CT molecular complexity index is 617. The Morgan fingerprint density at radius 2 is 2.37 bits per heavy atom. The summed E-state index contributed by atoms with van der Waals surface area (Å²) in [5.74, 6) is 0. The lowest BCUT2D eigenvalue weighted by molar-refractivity contribution is 0.530. The van der Waals surface area contributed by atoms with Crippen molar-refractivity contribution in [2.75, 3.05) is 6.54 Å². The highest BCUT2D eigenvalue weighted by Gasteiger charge is 2.15. The van der Waals surface area contributed by atoms with Crippen LogP contribution in [0.1, 0.15) is 24.4 Å². The minimum atomic E-state index is 0.156. The van der Waals surface area contributed by atoms with Crippen LogP contribution in [0, 0.1) is 0 Å². The van der Waals surface area contributed by atoms with Crippen LogP contribution in [0.4, 0.5) is 0 Å². The molecule has 19 heavy (non-hydrogen) atoms. The fourth-order valence-corrected chi connectivity index (χ4v) is 2.82. The molecule has 3 rings (SSSR count). The van der Waals surface area contributed by atoms with Crippen LogP contribution in [0.5, 0.6) is 0 Å². The van der Waals surface area contributed by atoms with E-state index in [4.69, 9.17) is 0 Å². The third-order valence-corrected chi connectivity index (χ3v) is 3.72. The molecule has 3 aromatic rings. The van der Waals surface area contributed by atoms with Crippen molar-refractivity contribution in [2.45, 2.75) is 19.4 Å². The molecular formula is C13H15N5S. The fourth-order valence-electron chi connectivity index (χ4n) is 2.10. The number of rotatable bonds is 5. The van der Waals surface area contributed by atoms with E-state index >= 15 is 0 Å². The molecule has 1 unspecified atom stereocenters. The van der Waals surface area contributed by atoms with Crippen molar-refractivity contribution in [3.63, 3.8) is 0 Å². The molecule has 0 saturated heterocycles. The van der Waals surface area contributed by atoms with Crippen molar-refractivity contribution in [2.24, 2.45) is 0 Å². The number of hydrogen-bond acceptors (Lipinski definition) is 5. The van der Waals surface area contributed by atoms with Gasteiger partial charge in [0.05, 0.1) is 17.4 Å². The zero-order valence-corrected chi connectivity index (χ0v) is 11.5. The lowest BCUT2D eigenvalue weighted by Crippen LogP contribution is -2.24. The number of likely N-dealkylation sites (N-methyl/N-ethyl adjacent to an activating group) is 1. The van der Waals surface area contributed by atoms with Crippen LogP contribution < -0.4 is 5.32 Å². The maximum absolute atomic E-state index is 4.61. The molecule has 0 fully saturated rings. The number of nitrogens with zero attached hydrogens (tertiary/aromatic N) is 4. The molecule has 0 saturated carbocycles. The van der Waals surface area contributed by atoms with Crippen LogP contribution in [0.3, 0.4) is 0 Å². The number of aromatic nitrogens is 4. The van der Waals surface area contributed by atoms with E-state index < -0.39 is 0 Å². The summed E-state index contributed by atoms with van der Waals surface area (Å²) in [5, 5.41) is 5.47. The van der Waals surface area contributed by atoms with Crippen LogP contribution >= 0.6 is 11.3 Å². The molecule has 3 aromatic heterocycles. The molecule has 0 amide bonds. The molecular weight excluding hydrogens is 258 g/mol. The Hall–Kier alpha value is -1.79. The van der Waals surface area contributed by atoms with Crippen molar-refractivity contribution in [3.05, 3.63) is 47.8 Å². The molecule has 0 aromatic carbocycles. The lowest BCUT2D eigenvalue weighted by Gasteiger charge is -2.15. The second-order valence-electron chi connectivity index (χ2n) is 4.27. The van der Waals surface area contributed by atoms with Crippen LogP contribution in [0.2, 0.25) is 0 Å². The van der Waals surface area contributed by atoms with Gasteiger partial charge in [0.25, 0.3) is 0 Å². The summed E-state index contributed by atoms with van der Waals surface area (Å²) in [5.41, 5.74) is 2.03. The quantitative estimate of drug-likeness (QED) is 0.773. The van der Waals surface area contributed by atoms with Gasteiger partial charge in [-0.1, -0.05) is 6.92 Å². The Morgan fingerprint density at radius 3 is 3.11 bits per heavy atom. The van der Waals surface area contributed by atoms with E-state index in [1.165, 1.54) is 0 Å². The number of nitrogens with one attached hydrogen (secondary N) is 1. The van der Waals surface area contributed by atoms with Crippen LogP contribution in [0.15, 0.2) is 36.4 Å². The van der Waals surface area contributed by atoms with Gasteiger partial charge < -0.3 is 5.32 Å². The molecule has 0 spiro atoms. The van der Waals surface area contributed by atoms with Gasteiger partial charge in [-0.2, -0.15) is 0 Å². The van der Waals surface area contributed by atoms with Gasteiger partial charge in [0, 0.05) is 42.8 Å². The fraction of sp³-hybridized carbons (Fsp3) is 0.308. The highest BCUT2D eigenvalue weighted by atomic mass is 32.1. The average molecular weight is 273 g/mol. The Labute approximate surface area is 115 Å². The largest absolute Gasteiger partial charge is 0.309 e. The minimum Gasteiger partial charge on any atom is -0.309 e. The molecule has 3 heterocycles. The number of thiazole rings is 1. The summed E-state index contributed by atoms with van der Waals surface area (Å²) in [6.45, 7) is 2.98. The summed E-state index contributed by atoms with van der Waals surface area (Å²) in [4.78, 5) is 14.2. The van der Waals surface area contributed by atoms with E-state index in [0.717, 1.165) is 29.3 Å². The maximum atomic E-state index is 4.61. The van der Waals surface area contributed by atoms with Gasteiger partial charge in [-0.15, -0.1) is 11.3 Å². The summed E-state index contributed by atoms with van der Waals surface area (Å²) in [6.07, 6.45) is 10.2. The van der Waals surface area contributed by atoms with Crippen molar-refractivity contribution in [1.29, 1.82) is 0 Å². The van der Waals surface area contributed by atoms with Gasteiger partial charge in [0.1, 0.15) is 0 Å². The SMILES string of the molecule is CCNC(Cc1cn2ccsc2n1)c1cnccn1. The molecule has 0 radical (unpaired) electrons. The van der Waals surface area contributed by atoms with E-state index in [-0.39, 0.29) is 6.04 Å². The van der Waals surface area contributed by atoms with Crippen LogP contribution in [0.25, 0.3) is 4.96 Å². The third-order valence-electron chi connectivity index (χ3n) is 2.95. The van der Waals surface area contributed by atoms with Gasteiger partial charge in [-0.3, -0.25) is 14.4 Å². The first-order valence-electron chi connectivity index (χ1n) is 6.27. The van der Waals surface area contributed by atoms with Gasteiger partial charge >= 0.3 is 0 Å². The topological polar surface area (TPSA) is 55.1 Å². The smallest absolute Gasteiger partial charge is 0.193 e. The predicted molar refractivity (Wildman–Crippen MR) is 75.2 cm³/mol. The Kier molecular flexibility index (Phi) is 3.52. The van der Waals surface area contributed by atoms with Gasteiger partial charge in [-0.25, -0.2) is 4.98 Å². The zero-order valence-electron chi connectivity index (χ0n) is 10.7. The monoisotopic (exact) mass is 273 g/mol. The van der Waals surface area contributed by atoms with E-state index in [1.54, 1.807) is 23.7 Å². The summed E-state index contributed by atoms with van der Waals surface area (Å²) < 4.78 is 2.06. The highest BCUT2D eigenvalue weighted by Crippen LogP contribution is 2.18. The molecule has 0 aliphatic heterocycles. The number of imidazole rings is 1. The second-order valence-corrected chi connectivity index (χ2v) is 5.14. The van der Waals surface area contributed by atoms with Crippen LogP contribution in [-0.2, 0) is 6.42 Å². The summed E-state index contributed by atoms with van der Waals surface area (Å²) in [7, 11) is 0. The number of hydrogen-bond donors (Lipinski definition) is 1. The number of fused-ring (bicyclic) bond motifs is 1. The van der Waals surface area contributed by atoms with E-state index in [9.17, 15) is 0 Å². The van der Waals surface area contributed by atoms with E-state index in [0.29, 0.717) is 0 Å². The first-order chi connectivity index (χ1) is 9.36. The third kappa shape index (κ3) is 2.64. The van der Waals surface area contributed by atoms with Crippen LogP contribution in [-0.4, -0.2) is 25.9 Å². The lowest BCUT2D eigenvalue weighted by atomic mass is 10.1. The highest BCUT2D eigenvalue weighted by molar-refractivity contribution is 7.15. The Morgan fingerprint density at radius 1 is 1.42 bits per heavy atom. The van der Waals surface area contributed by atoms with E-state index in [1.807, 2.05) is 17.8 Å². The van der Waals surface area contributed by atoms with Gasteiger partial charge in [-0.05, 0) is 6.54 Å². The standard InChI is InChI=1S/C13H15N5S/c1-2-15-11(12-8-14-3-4-16-12)7-10-9-18-5-6-19-13(18)17-10/h3-6,8-9,11,15H,2,7H2,1H3. The predicted octanol–water partition coefficient (Wildman–Crippen LogP) is 2.08. The average Bonchev–Trinajstić information content (AvgIpc) is 3.00. The van der Waals surface area contributed by atoms with Crippen molar-refractivity contribution >= 4 is 16.3 Å². The summed E-state index contributed by atoms with van der Waals surface area (Å²) >= 11 is 1.65. The van der Waals surface area contributed by atoms with Gasteiger partial charge in [0.2, 0.25) is 0 Å². The molecule has 0 aliphatic carbocycles. The summed E-state index contributed by atoms with van der Waals surface area (Å²) in [6, 6.07) is 0.156. The molecule has 0 aliphatic rings. The molecule has 1 atom stereocenters. The Balaban J connectivity index is 1.83. The normalized spacial score (nSPS) is 12.9. The van der Waals surface area contributed by atoms with Crippen molar-refractivity contribution in [1.82, 2.24) is 24.7 Å². The molecule has 98 valence electrons. The molecule has 6 heteroatoms. The van der Waals surface area contributed by atoms with Crippen molar-refractivity contribution in [3.8, 4) is 0 Å². The zero-order chi connectivity index (χ0) is 13.1. The first kappa shape index (κ1) is 12.3. The maximum Gasteiger partial charge on any atom is 0.193 e. The van der Waals surface area contributed by atoms with E-state index in [2.05, 4.69) is 37.8 Å². The molecule has 5 nitrogen and oxygen atoms in total. The van der Waals surface area contributed by atoms with Gasteiger partial charge in [0.15, 0.2) is 4.96 Å². The molecule has 1 N–H and O–H groups in total. The second kappa shape index (κ2) is 5.46. The van der Waals surface area contributed by atoms with Crippen molar-refractivity contribution < 1.29 is 0 Å². The molecule has 0 bridgehead atoms.